The molecule has 2 aromatic rings. The summed E-state index contributed by atoms with van der Waals surface area (Å²) in [5, 5.41) is 0.591. The summed E-state index contributed by atoms with van der Waals surface area (Å²) in [6, 6.07) is 11.2. The van der Waals surface area contributed by atoms with E-state index in [-0.39, 0.29) is 0 Å². The van der Waals surface area contributed by atoms with Crippen LogP contribution in [0.1, 0.15) is 11.1 Å². The summed E-state index contributed by atoms with van der Waals surface area (Å²) in [5.41, 5.74) is 8.48. The Hall–Kier alpha value is -1.87. The zero-order valence-corrected chi connectivity index (χ0v) is 11.7. The lowest BCUT2D eigenvalue weighted by Gasteiger charge is -2.13. The van der Waals surface area contributed by atoms with E-state index in [4.69, 9.17) is 26.8 Å². The van der Waals surface area contributed by atoms with Crippen LogP contribution in [0.3, 0.4) is 0 Å². The molecule has 0 atom stereocenters. The summed E-state index contributed by atoms with van der Waals surface area (Å²) in [4.78, 5) is 0. The van der Waals surface area contributed by atoms with E-state index in [2.05, 4.69) is 0 Å². The molecule has 0 heterocycles. The van der Waals surface area contributed by atoms with Gasteiger partial charge in [-0.2, -0.15) is 0 Å². The molecule has 0 saturated heterocycles. The number of aryl methyl sites for hydroxylation is 1. The minimum atomic E-state index is 0.318. The van der Waals surface area contributed by atoms with E-state index in [1.807, 2.05) is 43.3 Å². The molecule has 0 aliphatic carbocycles. The molecule has 0 aromatic heterocycles. The van der Waals surface area contributed by atoms with Crippen molar-refractivity contribution in [2.24, 2.45) is 0 Å². The Balaban J connectivity index is 2.19. The Kier molecular flexibility index (Phi) is 4.17. The average molecular weight is 278 g/mol. The highest BCUT2D eigenvalue weighted by atomic mass is 35.5. The molecule has 2 N–H and O–H groups in total. The zero-order chi connectivity index (χ0) is 13.8. The summed E-state index contributed by atoms with van der Waals surface area (Å²) in [6.07, 6.45) is 0. The molecule has 0 spiro atoms. The Bertz CT molecular complexity index is 584. The van der Waals surface area contributed by atoms with Crippen LogP contribution in [-0.2, 0) is 6.61 Å². The van der Waals surface area contributed by atoms with Crippen molar-refractivity contribution in [3.8, 4) is 11.5 Å². The summed E-state index contributed by atoms with van der Waals surface area (Å²) in [7, 11) is 1.61. The van der Waals surface area contributed by atoms with Crippen molar-refractivity contribution in [3.05, 3.63) is 52.5 Å². The molecule has 0 aliphatic rings. The third kappa shape index (κ3) is 3.12. The lowest BCUT2D eigenvalue weighted by Crippen LogP contribution is -2.03. The summed E-state index contributed by atoms with van der Waals surface area (Å²) < 4.78 is 11.0. The van der Waals surface area contributed by atoms with Gasteiger partial charge in [-0.3, -0.25) is 0 Å². The molecule has 3 nitrogen and oxygen atoms in total. The Morgan fingerprint density at radius 3 is 2.63 bits per heavy atom. The second-order valence-electron chi connectivity index (χ2n) is 4.25. The van der Waals surface area contributed by atoms with Gasteiger partial charge >= 0.3 is 0 Å². The van der Waals surface area contributed by atoms with Gasteiger partial charge in [-0.25, -0.2) is 0 Å². The SMILES string of the molecule is COc1cccc(N)c1COc1ccc(C)cc1Cl. The first kappa shape index (κ1) is 13.6. The van der Waals surface area contributed by atoms with Gasteiger partial charge in [0.05, 0.1) is 17.7 Å². The standard InChI is InChI=1S/C15H16ClNO2/c1-10-6-7-15(12(16)8-10)19-9-11-13(17)4-3-5-14(11)18-2/h3-8H,9,17H2,1-2H3. The van der Waals surface area contributed by atoms with E-state index >= 15 is 0 Å². The predicted molar refractivity (Wildman–Crippen MR) is 77.9 cm³/mol. The van der Waals surface area contributed by atoms with Crippen molar-refractivity contribution in [1.29, 1.82) is 0 Å². The van der Waals surface area contributed by atoms with Crippen molar-refractivity contribution < 1.29 is 9.47 Å². The topological polar surface area (TPSA) is 44.5 Å². The zero-order valence-electron chi connectivity index (χ0n) is 10.9. The molecular formula is C15H16ClNO2. The molecular weight excluding hydrogens is 262 g/mol. The molecule has 100 valence electrons. The van der Waals surface area contributed by atoms with E-state index in [0.717, 1.165) is 11.1 Å². The van der Waals surface area contributed by atoms with Crippen molar-refractivity contribution in [1.82, 2.24) is 0 Å². The van der Waals surface area contributed by atoms with Gasteiger partial charge < -0.3 is 15.2 Å². The van der Waals surface area contributed by atoms with Crippen LogP contribution >= 0.6 is 11.6 Å². The quantitative estimate of drug-likeness (QED) is 0.864. The van der Waals surface area contributed by atoms with Gasteiger partial charge in [0.25, 0.3) is 0 Å². The van der Waals surface area contributed by atoms with Crippen LogP contribution in [0.2, 0.25) is 5.02 Å². The van der Waals surface area contributed by atoms with Gasteiger partial charge in [-0.05, 0) is 36.8 Å². The molecule has 4 heteroatoms. The number of benzene rings is 2. The predicted octanol–water partition coefficient (Wildman–Crippen LogP) is 3.82. The third-order valence-electron chi connectivity index (χ3n) is 2.85. The van der Waals surface area contributed by atoms with Gasteiger partial charge in [0, 0.05) is 5.69 Å². The van der Waals surface area contributed by atoms with Crippen LogP contribution in [0.25, 0.3) is 0 Å². The van der Waals surface area contributed by atoms with Gasteiger partial charge in [0.2, 0.25) is 0 Å². The molecule has 0 fully saturated rings. The van der Waals surface area contributed by atoms with Crippen LogP contribution in [0.15, 0.2) is 36.4 Å². The number of hydrogen-bond acceptors (Lipinski definition) is 3. The van der Waals surface area contributed by atoms with E-state index in [1.54, 1.807) is 7.11 Å². The second-order valence-corrected chi connectivity index (χ2v) is 4.66. The van der Waals surface area contributed by atoms with Gasteiger partial charge in [0.15, 0.2) is 0 Å². The Morgan fingerprint density at radius 2 is 1.95 bits per heavy atom. The van der Waals surface area contributed by atoms with Gasteiger partial charge in [-0.15, -0.1) is 0 Å². The Morgan fingerprint density at radius 1 is 1.16 bits per heavy atom. The molecule has 0 unspecified atom stereocenters. The van der Waals surface area contributed by atoms with Crippen molar-refractivity contribution in [2.75, 3.05) is 12.8 Å². The van der Waals surface area contributed by atoms with Crippen LogP contribution in [-0.4, -0.2) is 7.11 Å². The smallest absolute Gasteiger partial charge is 0.138 e. The maximum Gasteiger partial charge on any atom is 0.138 e. The lowest BCUT2D eigenvalue weighted by molar-refractivity contribution is 0.297. The van der Waals surface area contributed by atoms with Crippen LogP contribution in [0.5, 0.6) is 11.5 Å². The van der Waals surface area contributed by atoms with E-state index in [0.29, 0.717) is 28.8 Å². The lowest BCUT2D eigenvalue weighted by atomic mass is 10.1. The highest BCUT2D eigenvalue weighted by Gasteiger charge is 2.09. The van der Waals surface area contributed by atoms with Crippen molar-refractivity contribution in [3.63, 3.8) is 0 Å². The first-order chi connectivity index (χ1) is 9.11. The monoisotopic (exact) mass is 277 g/mol. The number of nitrogens with two attached hydrogens (primary N) is 1. The first-order valence-corrected chi connectivity index (χ1v) is 6.30. The summed E-state index contributed by atoms with van der Waals surface area (Å²) >= 11 is 6.12. The number of ether oxygens (including phenoxy) is 2. The fourth-order valence-corrected chi connectivity index (χ4v) is 2.09. The minimum Gasteiger partial charge on any atom is -0.496 e. The Labute approximate surface area is 117 Å². The highest BCUT2D eigenvalue weighted by molar-refractivity contribution is 6.32. The summed E-state index contributed by atoms with van der Waals surface area (Å²) in [6.45, 7) is 2.30. The van der Waals surface area contributed by atoms with Crippen molar-refractivity contribution >= 4 is 17.3 Å². The first-order valence-electron chi connectivity index (χ1n) is 5.92. The number of rotatable bonds is 4. The van der Waals surface area contributed by atoms with Gasteiger partial charge in [0.1, 0.15) is 18.1 Å². The van der Waals surface area contributed by atoms with Crippen molar-refractivity contribution in [2.45, 2.75) is 13.5 Å². The molecule has 0 bridgehead atoms. The fraction of sp³-hybridized carbons (Fsp3) is 0.200. The van der Waals surface area contributed by atoms with E-state index in [1.165, 1.54) is 0 Å². The normalized spacial score (nSPS) is 10.3. The molecule has 2 rings (SSSR count). The number of hydrogen-bond donors (Lipinski definition) is 1. The van der Waals surface area contributed by atoms with Gasteiger partial charge in [-0.1, -0.05) is 23.7 Å². The third-order valence-corrected chi connectivity index (χ3v) is 3.14. The molecule has 0 amide bonds. The highest BCUT2D eigenvalue weighted by Crippen LogP contribution is 2.29. The maximum atomic E-state index is 6.12. The summed E-state index contributed by atoms with van der Waals surface area (Å²) in [5.74, 6) is 1.35. The van der Waals surface area contributed by atoms with Crippen LogP contribution < -0.4 is 15.2 Å². The maximum absolute atomic E-state index is 6.12. The molecule has 0 radical (unpaired) electrons. The molecule has 2 aromatic carbocycles. The average Bonchev–Trinajstić information content (AvgIpc) is 2.39. The number of anilines is 1. The van der Waals surface area contributed by atoms with E-state index < -0.39 is 0 Å². The van der Waals surface area contributed by atoms with E-state index in [9.17, 15) is 0 Å². The minimum absolute atomic E-state index is 0.318. The number of methoxy groups -OCH3 is 1. The largest absolute Gasteiger partial charge is 0.496 e. The molecule has 0 aliphatic heterocycles. The molecule has 0 saturated carbocycles. The fourth-order valence-electron chi connectivity index (χ4n) is 1.80. The number of halogens is 1. The molecule has 19 heavy (non-hydrogen) atoms. The number of nitrogen functional groups attached to an aromatic ring is 1. The second kappa shape index (κ2) is 5.85. The van der Waals surface area contributed by atoms with Crippen LogP contribution in [0, 0.1) is 6.92 Å². The van der Waals surface area contributed by atoms with Crippen LogP contribution in [0.4, 0.5) is 5.69 Å².